The number of carbonyl (C=O) groups excluding carboxylic acids is 1. The van der Waals surface area contributed by atoms with Crippen LogP contribution in [0.5, 0.6) is 0 Å². The monoisotopic (exact) mass is 296 g/mol. The highest BCUT2D eigenvalue weighted by Crippen LogP contribution is 2.27. The van der Waals surface area contributed by atoms with E-state index in [0.29, 0.717) is 5.13 Å². The summed E-state index contributed by atoms with van der Waals surface area (Å²) in [7, 11) is 0. The molecule has 0 aliphatic heterocycles. The van der Waals surface area contributed by atoms with Crippen molar-refractivity contribution in [3.8, 4) is 0 Å². The van der Waals surface area contributed by atoms with Crippen molar-refractivity contribution in [1.82, 2.24) is 4.98 Å². The number of hydrogen-bond acceptors (Lipinski definition) is 3. The van der Waals surface area contributed by atoms with E-state index in [-0.39, 0.29) is 11.8 Å². The van der Waals surface area contributed by atoms with Gasteiger partial charge in [0.2, 0.25) is 5.91 Å². The average molecular weight is 296 g/mol. The lowest BCUT2D eigenvalue weighted by atomic mass is 9.96. The van der Waals surface area contributed by atoms with Gasteiger partial charge >= 0.3 is 0 Å². The summed E-state index contributed by atoms with van der Waals surface area (Å²) in [5.74, 6) is -0.138. The van der Waals surface area contributed by atoms with Gasteiger partial charge in [0.25, 0.3) is 0 Å². The topological polar surface area (TPSA) is 42.0 Å². The van der Waals surface area contributed by atoms with Gasteiger partial charge in [0.1, 0.15) is 0 Å². The molecule has 106 valence electrons. The van der Waals surface area contributed by atoms with Gasteiger partial charge in [-0.3, -0.25) is 4.79 Å². The average Bonchev–Trinajstić information content (AvgIpc) is 2.91. The molecule has 2 aromatic carbocycles. The number of aromatic nitrogens is 1. The summed E-state index contributed by atoms with van der Waals surface area (Å²) in [6.07, 6.45) is 0.765. The van der Waals surface area contributed by atoms with Crippen LogP contribution >= 0.6 is 11.3 Å². The molecule has 1 heterocycles. The smallest absolute Gasteiger partial charge is 0.233 e. The molecule has 3 aromatic rings. The van der Waals surface area contributed by atoms with Crippen molar-refractivity contribution < 1.29 is 4.79 Å². The van der Waals surface area contributed by atoms with Crippen LogP contribution < -0.4 is 5.32 Å². The number of nitrogens with one attached hydrogen (secondary N) is 1. The second-order valence-electron chi connectivity index (χ2n) is 4.85. The fraction of sp³-hybridized carbons (Fsp3) is 0.176. The largest absolute Gasteiger partial charge is 0.301 e. The molecule has 21 heavy (non-hydrogen) atoms. The molecule has 4 heteroatoms. The highest BCUT2D eigenvalue weighted by Gasteiger charge is 2.19. The Hall–Kier alpha value is -2.20. The molecular weight excluding hydrogens is 280 g/mol. The summed E-state index contributed by atoms with van der Waals surface area (Å²) in [5, 5.41) is 3.61. The number of hydrogen-bond donors (Lipinski definition) is 1. The van der Waals surface area contributed by atoms with Gasteiger partial charge in [0.05, 0.1) is 16.1 Å². The molecule has 1 aromatic heterocycles. The molecule has 1 amide bonds. The van der Waals surface area contributed by atoms with Gasteiger partial charge in [-0.2, -0.15) is 0 Å². The second kappa shape index (κ2) is 6.06. The van der Waals surface area contributed by atoms with E-state index in [9.17, 15) is 4.79 Å². The first-order valence-electron chi connectivity index (χ1n) is 6.99. The Morgan fingerprint density at radius 1 is 1.14 bits per heavy atom. The first-order chi connectivity index (χ1) is 10.3. The van der Waals surface area contributed by atoms with Gasteiger partial charge in [-0.25, -0.2) is 4.98 Å². The van der Waals surface area contributed by atoms with Gasteiger partial charge in [-0.1, -0.05) is 60.7 Å². The van der Waals surface area contributed by atoms with Crippen LogP contribution in [0.4, 0.5) is 5.13 Å². The number of nitrogens with zero attached hydrogens (tertiary/aromatic N) is 1. The molecule has 0 unspecified atom stereocenters. The van der Waals surface area contributed by atoms with Gasteiger partial charge < -0.3 is 5.32 Å². The normalized spacial score (nSPS) is 12.2. The van der Waals surface area contributed by atoms with Gasteiger partial charge in [0, 0.05) is 0 Å². The summed E-state index contributed by atoms with van der Waals surface area (Å²) in [5.41, 5.74) is 1.96. The molecule has 0 aliphatic rings. The van der Waals surface area contributed by atoms with E-state index in [1.165, 1.54) is 11.3 Å². The molecule has 0 saturated heterocycles. The maximum Gasteiger partial charge on any atom is 0.233 e. The summed E-state index contributed by atoms with van der Waals surface area (Å²) in [6, 6.07) is 17.8. The third kappa shape index (κ3) is 2.95. The Kier molecular flexibility index (Phi) is 3.97. The van der Waals surface area contributed by atoms with Crippen LogP contribution in [0.2, 0.25) is 0 Å². The number of fused-ring (bicyclic) bond motifs is 1. The molecule has 3 nitrogen and oxygen atoms in total. The van der Waals surface area contributed by atoms with Crippen LogP contribution in [-0.4, -0.2) is 10.9 Å². The van der Waals surface area contributed by atoms with E-state index >= 15 is 0 Å². The lowest BCUT2D eigenvalue weighted by Gasteiger charge is -2.13. The fourth-order valence-corrected chi connectivity index (χ4v) is 3.24. The van der Waals surface area contributed by atoms with Crippen LogP contribution in [0, 0.1) is 0 Å². The van der Waals surface area contributed by atoms with Crippen LogP contribution in [0.1, 0.15) is 24.8 Å². The lowest BCUT2D eigenvalue weighted by Crippen LogP contribution is -2.20. The minimum atomic E-state index is -0.141. The van der Waals surface area contributed by atoms with Crippen LogP contribution in [0.3, 0.4) is 0 Å². The molecule has 1 N–H and O–H groups in total. The van der Waals surface area contributed by atoms with Crippen LogP contribution in [-0.2, 0) is 4.79 Å². The Labute approximate surface area is 127 Å². The van der Waals surface area contributed by atoms with Crippen molar-refractivity contribution in [2.75, 3.05) is 5.32 Å². The quantitative estimate of drug-likeness (QED) is 0.774. The van der Waals surface area contributed by atoms with Crippen molar-refractivity contribution in [3.05, 3.63) is 60.2 Å². The Morgan fingerprint density at radius 2 is 1.86 bits per heavy atom. The van der Waals surface area contributed by atoms with Crippen molar-refractivity contribution in [2.45, 2.75) is 19.3 Å². The lowest BCUT2D eigenvalue weighted by molar-refractivity contribution is -0.117. The molecule has 0 fully saturated rings. The van der Waals surface area contributed by atoms with Crippen molar-refractivity contribution in [1.29, 1.82) is 0 Å². The molecule has 3 rings (SSSR count). The summed E-state index contributed by atoms with van der Waals surface area (Å²) in [4.78, 5) is 16.9. The minimum Gasteiger partial charge on any atom is -0.301 e. The zero-order valence-corrected chi connectivity index (χ0v) is 12.6. The van der Waals surface area contributed by atoms with Crippen molar-refractivity contribution in [2.24, 2.45) is 0 Å². The molecule has 0 bridgehead atoms. The summed E-state index contributed by atoms with van der Waals surface area (Å²) >= 11 is 1.51. The third-order valence-electron chi connectivity index (χ3n) is 3.45. The Morgan fingerprint density at radius 3 is 2.57 bits per heavy atom. The molecule has 1 atom stereocenters. The second-order valence-corrected chi connectivity index (χ2v) is 5.88. The molecule has 0 radical (unpaired) electrons. The van der Waals surface area contributed by atoms with Crippen LogP contribution in [0.15, 0.2) is 54.6 Å². The number of amides is 1. The van der Waals surface area contributed by atoms with E-state index < -0.39 is 0 Å². The number of benzene rings is 2. The van der Waals surface area contributed by atoms with E-state index in [4.69, 9.17) is 0 Å². The van der Waals surface area contributed by atoms with E-state index in [0.717, 1.165) is 22.2 Å². The van der Waals surface area contributed by atoms with Crippen molar-refractivity contribution >= 4 is 32.6 Å². The standard InChI is InChI=1S/C17H16N2OS/c1-2-13(12-8-4-3-5-9-12)16(20)19-17-18-14-10-6-7-11-15(14)21-17/h3-11,13H,2H2,1H3,(H,18,19,20)/t13-/m0/s1. The number of carbonyl (C=O) groups is 1. The zero-order chi connectivity index (χ0) is 14.7. The Bertz CT molecular complexity index is 719. The van der Waals surface area contributed by atoms with Crippen molar-refractivity contribution in [3.63, 3.8) is 0 Å². The Balaban J connectivity index is 1.81. The molecular formula is C17H16N2OS. The fourth-order valence-electron chi connectivity index (χ4n) is 2.38. The van der Waals surface area contributed by atoms with E-state index in [2.05, 4.69) is 10.3 Å². The number of rotatable bonds is 4. The third-order valence-corrected chi connectivity index (χ3v) is 4.40. The molecule has 0 saturated carbocycles. The van der Waals surface area contributed by atoms with E-state index in [1.807, 2.05) is 61.5 Å². The number of thiazole rings is 1. The van der Waals surface area contributed by atoms with E-state index in [1.54, 1.807) is 0 Å². The van der Waals surface area contributed by atoms with Crippen LogP contribution in [0.25, 0.3) is 10.2 Å². The molecule has 0 aliphatic carbocycles. The highest BCUT2D eigenvalue weighted by atomic mass is 32.1. The maximum atomic E-state index is 12.5. The first kappa shape index (κ1) is 13.8. The van der Waals surface area contributed by atoms with Gasteiger partial charge in [-0.15, -0.1) is 0 Å². The summed E-state index contributed by atoms with van der Waals surface area (Å²) in [6.45, 7) is 2.02. The zero-order valence-electron chi connectivity index (χ0n) is 11.7. The first-order valence-corrected chi connectivity index (χ1v) is 7.81. The molecule has 0 spiro atoms. The number of para-hydroxylation sites is 1. The highest BCUT2D eigenvalue weighted by molar-refractivity contribution is 7.22. The maximum absolute atomic E-state index is 12.5. The van der Waals surface area contributed by atoms with Gasteiger partial charge in [0.15, 0.2) is 5.13 Å². The number of anilines is 1. The SMILES string of the molecule is CC[C@H](C(=O)Nc1nc2ccccc2s1)c1ccccc1. The predicted octanol–water partition coefficient (Wildman–Crippen LogP) is 4.43. The minimum absolute atomic E-state index is 0.00255. The predicted molar refractivity (Wildman–Crippen MR) is 87.7 cm³/mol. The van der Waals surface area contributed by atoms with Gasteiger partial charge in [-0.05, 0) is 24.1 Å². The summed E-state index contributed by atoms with van der Waals surface area (Å²) < 4.78 is 1.08.